The first-order valence-corrected chi connectivity index (χ1v) is 2.86. The van der Waals surface area contributed by atoms with Gasteiger partial charge in [0.05, 0.1) is 5.92 Å². The Morgan fingerprint density at radius 3 is 3.00 bits per heavy atom. The number of carbonyl (C=O) groups is 1. The van der Waals surface area contributed by atoms with Crippen LogP contribution in [-0.4, -0.2) is 11.2 Å². The van der Waals surface area contributed by atoms with E-state index in [1.54, 1.807) is 6.08 Å². The molecule has 0 saturated heterocycles. The van der Waals surface area contributed by atoms with E-state index in [1.165, 1.54) is 0 Å². The number of hydrogen-bond donors (Lipinski definition) is 1. The van der Waals surface area contributed by atoms with Crippen molar-refractivity contribution < 1.29 is 14.9 Å². The molecule has 0 radical (unpaired) electrons. The first-order valence-electron chi connectivity index (χ1n) is 2.86. The highest BCUT2D eigenvalue weighted by Gasteiger charge is 2.19. The molecule has 1 aliphatic carbocycles. The zero-order valence-corrected chi connectivity index (χ0v) is 4.91. The lowest BCUT2D eigenvalue weighted by Gasteiger charge is -1.99. The van der Waals surface area contributed by atoms with E-state index in [0.717, 1.165) is 12.8 Å². The Labute approximate surface area is 52.9 Å². The maximum Gasteiger partial charge on any atom is 0.348 e. The van der Waals surface area contributed by atoms with E-state index in [4.69, 9.17) is 5.26 Å². The first-order chi connectivity index (χ1) is 4.34. The van der Waals surface area contributed by atoms with Crippen molar-refractivity contribution in [2.24, 2.45) is 5.92 Å². The molecule has 0 aliphatic heterocycles. The van der Waals surface area contributed by atoms with Crippen LogP contribution in [0.3, 0.4) is 0 Å². The fourth-order valence-corrected chi connectivity index (χ4v) is 0.897. The summed E-state index contributed by atoms with van der Waals surface area (Å²) in [5.74, 6) is -0.765. The molecule has 9 heavy (non-hydrogen) atoms. The number of rotatable bonds is 1. The summed E-state index contributed by atoms with van der Waals surface area (Å²) in [5, 5.41) is 7.91. The van der Waals surface area contributed by atoms with Crippen molar-refractivity contribution in [1.82, 2.24) is 0 Å². The minimum atomic E-state index is -0.552. The summed E-state index contributed by atoms with van der Waals surface area (Å²) >= 11 is 0. The lowest BCUT2D eigenvalue weighted by molar-refractivity contribution is -0.237. The average molecular weight is 128 g/mol. The molecule has 0 aromatic rings. The molecule has 0 aromatic heterocycles. The standard InChI is InChI=1S/C6H8O3/c7-6(9-8)5-3-1-2-4-5/h1,3,5,8H,2,4H2. The van der Waals surface area contributed by atoms with Crippen molar-refractivity contribution in [3.8, 4) is 0 Å². The molecule has 1 unspecified atom stereocenters. The zero-order valence-electron chi connectivity index (χ0n) is 4.91. The van der Waals surface area contributed by atoms with Crippen LogP contribution in [0, 0.1) is 5.92 Å². The van der Waals surface area contributed by atoms with E-state index in [-0.39, 0.29) is 5.92 Å². The van der Waals surface area contributed by atoms with E-state index in [1.807, 2.05) is 6.08 Å². The van der Waals surface area contributed by atoms with Crippen molar-refractivity contribution in [1.29, 1.82) is 0 Å². The van der Waals surface area contributed by atoms with Crippen LogP contribution in [0.25, 0.3) is 0 Å². The average Bonchev–Trinajstić information content (AvgIpc) is 2.37. The van der Waals surface area contributed by atoms with Gasteiger partial charge in [0.15, 0.2) is 0 Å². The van der Waals surface area contributed by atoms with Gasteiger partial charge in [-0.25, -0.2) is 4.79 Å². The van der Waals surface area contributed by atoms with Gasteiger partial charge in [-0.1, -0.05) is 12.2 Å². The third kappa shape index (κ3) is 1.29. The predicted octanol–water partition coefficient (Wildman–Crippen LogP) is 0.969. The van der Waals surface area contributed by atoms with Crippen molar-refractivity contribution in [2.45, 2.75) is 12.8 Å². The van der Waals surface area contributed by atoms with Crippen molar-refractivity contribution in [3.05, 3.63) is 12.2 Å². The Kier molecular flexibility index (Phi) is 1.85. The van der Waals surface area contributed by atoms with Crippen molar-refractivity contribution in [2.75, 3.05) is 0 Å². The topological polar surface area (TPSA) is 46.5 Å². The highest BCUT2D eigenvalue weighted by Crippen LogP contribution is 2.17. The number of allylic oxidation sites excluding steroid dienone is 1. The quantitative estimate of drug-likeness (QED) is 0.325. The van der Waals surface area contributed by atoms with Crippen LogP contribution in [0.15, 0.2) is 12.2 Å². The lowest BCUT2D eigenvalue weighted by Crippen LogP contribution is -2.11. The van der Waals surface area contributed by atoms with Gasteiger partial charge in [-0.3, -0.25) is 0 Å². The van der Waals surface area contributed by atoms with Gasteiger partial charge in [-0.2, -0.15) is 5.26 Å². The molecule has 3 heteroatoms. The Bertz CT molecular complexity index is 139. The van der Waals surface area contributed by atoms with Gasteiger partial charge < -0.3 is 4.89 Å². The molecule has 0 bridgehead atoms. The monoisotopic (exact) mass is 128 g/mol. The molecule has 0 spiro atoms. The van der Waals surface area contributed by atoms with Gasteiger partial charge in [0.25, 0.3) is 0 Å². The van der Waals surface area contributed by atoms with E-state index in [0.29, 0.717) is 0 Å². The van der Waals surface area contributed by atoms with Crippen LogP contribution in [-0.2, 0) is 9.68 Å². The minimum absolute atomic E-state index is 0.213. The van der Waals surface area contributed by atoms with Crippen LogP contribution in [0.1, 0.15) is 12.8 Å². The first kappa shape index (κ1) is 6.29. The fraction of sp³-hybridized carbons (Fsp3) is 0.500. The molecule has 0 amide bonds. The molecule has 1 aliphatic rings. The Hall–Kier alpha value is -0.830. The maximum absolute atomic E-state index is 10.5. The van der Waals surface area contributed by atoms with Crippen LogP contribution in [0.2, 0.25) is 0 Å². The molecule has 50 valence electrons. The summed E-state index contributed by atoms with van der Waals surface area (Å²) in [6.45, 7) is 0. The molecule has 1 N–H and O–H groups in total. The summed E-state index contributed by atoms with van der Waals surface area (Å²) in [7, 11) is 0. The van der Waals surface area contributed by atoms with Gasteiger partial charge in [-0.15, -0.1) is 0 Å². The second-order valence-corrected chi connectivity index (χ2v) is 2.02. The number of hydrogen-bond acceptors (Lipinski definition) is 3. The third-order valence-electron chi connectivity index (χ3n) is 1.41. The molecule has 1 atom stereocenters. The van der Waals surface area contributed by atoms with Crippen LogP contribution < -0.4 is 0 Å². The summed E-state index contributed by atoms with van der Waals surface area (Å²) in [6, 6.07) is 0. The second kappa shape index (κ2) is 2.64. The highest BCUT2D eigenvalue weighted by molar-refractivity contribution is 5.74. The summed E-state index contributed by atoms with van der Waals surface area (Å²) in [6.07, 6.45) is 5.32. The fourth-order valence-electron chi connectivity index (χ4n) is 0.897. The molecule has 0 heterocycles. The molecular weight excluding hydrogens is 120 g/mol. The van der Waals surface area contributed by atoms with Crippen LogP contribution in [0.5, 0.6) is 0 Å². The van der Waals surface area contributed by atoms with Crippen molar-refractivity contribution in [3.63, 3.8) is 0 Å². The Balaban J connectivity index is 2.43. The van der Waals surface area contributed by atoms with Gasteiger partial charge >= 0.3 is 5.97 Å². The van der Waals surface area contributed by atoms with Gasteiger partial charge in [0.1, 0.15) is 0 Å². The second-order valence-electron chi connectivity index (χ2n) is 2.02. The van der Waals surface area contributed by atoms with Gasteiger partial charge in [0.2, 0.25) is 0 Å². The molecule has 0 aromatic carbocycles. The molecular formula is C6H8O3. The molecule has 0 saturated carbocycles. The van der Waals surface area contributed by atoms with Crippen LogP contribution in [0.4, 0.5) is 0 Å². The smallest absolute Gasteiger partial charge is 0.300 e. The summed E-state index contributed by atoms with van der Waals surface area (Å²) in [5.41, 5.74) is 0. The SMILES string of the molecule is O=C(OO)C1C=CCC1. The number of carbonyl (C=O) groups excluding carboxylic acids is 1. The normalized spacial score (nSPS) is 24.3. The Morgan fingerprint density at radius 2 is 2.56 bits per heavy atom. The largest absolute Gasteiger partial charge is 0.348 e. The predicted molar refractivity (Wildman–Crippen MR) is 30.6 cm³/mol. The highest BCUT2D eigenvalue weighted by atomic mass is 17.1. The third-order valence-corrected chi connectivity index (χ3v) is 1.41. The zero-order chi connectivity index (χ0) is 6.69. The van der Waals surface area contributed by atoms with E-state index >= 15 is 0 Å². The van der Waals surface area contributed by atoms with E-state index in [2.05, 4.69) is 4.89 Å². The summed E-state index contributed by atoms with van der Waals surface area (Å²) < 4.78 is 0. The minimum Gasteiger partial charge on any atom is -0.300 e. The van der Waals surface area contributed by atoms with Crippen LogP contribution >= 0.6 is 0 Å². The van der Waals surface area contributed by atoms with Crippen molar-refractivity contribution >= 4 is 5.97 Å². The molecule has 0 fully saturated rings. The lowest BCUT2D eigenvalue weighted by atomic mass is 10.1. The van der Waals surface area contributed by atoms with E-state index < -0.39 is 5.97 Å². The van der Waals surface area contributed by atoms with Gasteiger partial charge in [-0.05, 0) is 12.8 Å². The maximum atomic E-state index is 10.5. The Morgan fingerprint density at radius 1 is 1.78 bits per heavy atom. The van der Waals surface area contributed by atoms with Gasteiger partial charge in [0, 0.05) is 0 Å². The molecule has 1 rings (SSSR count). The summed E-state index contributed by atoms with van der Waals surface area (Å²) in [4.78, 5) is 14.0. The molecule has 3 nitrogen and oxygen atoms in total. The van der Waals surface area contributed by atoms with E-state index in [9.17, 15) is 4.79 Å².